The van der Waals surface area contributed by atoms with Crippen LogP contribution >= 0.6 is 34.7 Å². The van der Waals surface area contributed by atoms with Crippen molar-refractivity contribution in [2.45, 2.75) is 44.4 Å². The van der Waals surface area contributed by atoms with E-state index < -0.39 is 0 Å². The Labute approximate surface area is 182 Å². The molecule has 0 radical (unpaired) electrons. The van der Waals surface area contributed by atoms with Crippen LogP contribution in [0.5, 0.6) is 0 Å². The highest BCUT2D eigenvalue weighted by Gasteiger charge is 2.19. The van der Waals surface area contributed by atoms with Crippen LogP contribution in [0, 0.1) is 0 Å². The summed E-state index contributed by atoms with van der Waals surface area (Å²) >= 11 is 9.00. The molecule has 0 fully saturated rings. The summed E-state index contributed by atoms with van der Waals surface area (Å²) in [6.45, 7) is 1.94. The number of H-pyrrole nitrogens is 1. The van der Waals surface area contributed by atoms with E-state index in [0.717, 1.165) is 35.0 Å². The Balaban J connectivity index is 1.35. The number of carbonyl (C=O) groups is 1. The van der Waals surface area contributed by atoms with Crippen molar-refractivity contribution in [1.29, 1.82) is 0 Å². The van der Waals surface area contributed by atoms with Crippen LogP contribution in [0.4, 0.5) is 0 Å². The predicted octanol–water partition coefficient (Wildman–Crippen LogP) is 4.63. The van der Waals surface area contributed by atoms with Gasteiger partial charge >= 0.3 is 0 Å². The topological polar surface area (TPSA) is 74.8 Å². The molecule has 1 amide bonds. The Hall–Kier alpha value is -1.83. The highest BCUT2D eigenvalue weighted by atomic mass is 35.5. The summed E-state index contributed by atoms with van der Waals surface area (Å²) in [4.78, 5) is 34.5. The monoisotopic (exact) mass is 447 g/mol. The Morgan fingerprint density at radius 3 is 2.86 bits per heavy atom. The van der Waals surface area contributed by atoms with Gasteiger partial charge in [0.25, 0.3) is 5.56 Å². The molecule has 1 aromatic carbocycles. The number of nitrogens with one attached hydrogen (secondary N) is 2. The number of aromatic nitrogens is 2. The lowest BCUT2D eigenvalue weighted by Gasteiger charge is -2.14. The van der Waals surface area contributed by atoms with Crippen molar-refractivity contribution in [3.8, 4) is 0 Å². The van der Waals surface area contributed by atoms with Crippen LogP contribution in [0.3, 0.4) is 0 Å². The minimum atomic E-state index is -0.0907. The van der Waals surface area contributed by atoms with Gasteiger partial charge in [-0.3, -0.25) is 9.59 Å². The first-order valence-electron chi connectivity index (χ1n) is 9.67. The van der Waals surface area contributed by atoms with Crippen LogP contribution in [0.25, 0.3) is 10.2 Å². The molecule has 0 aliphatic heterocycles. The largest absolute Gasteiger partial charge is 0.349 e. The van der Waals surface area contributed by atoms with Gasteiger partial charge in [0, 0.05) is 9.90 Å². The van der Waals surface area contributed by atoms with Crippen molar-refractivity contribution in [2.24, 2.45) is 0 Å². The Bertz CT molecular complexity index is 1090. The number of aromatic amines is 1. The number of hydrogen-bond acceptors (Lipinski definition) is 5. The average Bonchev–Trinajstić information content (AvgIpc) is 3.07. The van der Waals surface area contributed by atoms with Gasteiger partial charge in [-0.15, -0.1) is 23.1 Å². The summed E-state index contributed by atoms with van der Waals surface area (Å²) in [5, 5.41) is 4.43. The van der Waals surface area contributed by atoms with Gasteiger partial charge in [0.1, 0.15) is 10.7 Å². The SMILES string of the molecule is CC(NC(=O)CSCc1nc2sc3c(c2c(=O)[nH]1)CCCC3)c1ccc(Cl)cc1. The lowest BCUT2D eigenvalue weighted by Crippen LogP contribution is -2.28. The van der Waals surface area contributed by atoms with Crippen molar-refractivity contribution < 1.29 is 4.79 Å². The van der Waals surface area contributed by atoms with Gasteiger partial charge in [0.05, 0.1) is 22.9 Å². The van der Waals surface area contributed by atoms with Crippen LogP contribution in [-0.4, -0.2) is 21.6 Å². The molecule has 29 heavy (non-hydrogen) atoms. The van der Waals surface area contributed by atoms with Gasteiger partial charge in [-0.1, -0.05) is 23.7 Å². The lowest BCUT2D eigenvalue weighted by molar-refractivity contribution is -0.119. The van der Waals surface area contributed by atoms with Crippen LogP contribution in [-0.2, 0) is 23.4 Å². The number of amides is 1. The molecule has 1 aliphatic rings. The number of benzene rings is 1. The second-order valence-electron chi connectivity index (χ2n) is 7.24. The van der Waals surface area contributed by atoms with E-state index in [0.29, 0.717) is 22.4 Å². The summed E-state index contributed by atoms with van der Waals surface area (Å²) in [6.07, 6.45) is 4.34. The predicted molar refractivity (Wildman–Crippen MR) is 121 cm³/mol. The molecule has 3 aromatic rings. The Morgan fingerprint density at radius 2 is 2.07 bits per heavy atom. The van der Waals surface area contributed by atoms with Crippen LogP contribution in [0.1, 0.15) is 47.6 Å². The number of nitrogens with zero attached hydrogens (tertiary/aromatic N) is 1. The minimum Gasteiger partial charge on any atom is -0.349 e. The summed E-state index contributed by atoms with van der Waals surface area (Å²) in [5.41, 5.74) is 2.15. The first-order valence-corrected chi connectivity index (χ1v) is 12.0. The maximum Gasteiger partial charge on any atom is 0.259 e. The molecule has 0 spiro atoms. The van der Waals surface area contributed by atoms with Gasteiger partial charge in [-0.25, -0.2) is 4.98 Å². The fraction of sp³-hybridized carbons (Fsp3) is 0.381. The maximum atomic E-state index is 12.6. The van der Waals surface area contributed by atoms with E-state index in [1.165, 1.54) is 28.6 Å². The number of thiophene rings is 1. The zero-order chi connectivity index (χ0) is 20.4. The van der Waals surface area contributed by atoms with E-state index in [-0.39, 0.29) is 17.5 Å². The highest BCUT2D eigenvalue weighted by molar-refractivity contribution is 7.99. The minimum absolute atomic E-state index is 0.0486. The summed E-state index contributed by atoms with van der Waals surface area (Å²) in [5.74, 6) is 1.38. The number of fused-ring (bicyclic) bond motifs is 3. The number of thioether (sulfide) groups is 1. The molecule has 2 heterocycles. The number of halogens is 1. The molecule has 1 atom stereocenters. The molecule has 2 aromatic heterocycles. The molecule has 152 valence electrons. The van der Waals surface area contributed by atoms with Crippen molar-refractivity contribution in [3.63, 3.8) is 0 Å². The number of aryl methyl sites for hydroxylation is 2. The van der Waals surface area contributed by atoms with Crippen LogP contribution in [0.2, 0.25) is 5.02 Å². The van der Waals surface area contributed by atoms with E-state index in [4.69, 9.17) is 11.6 Å². The summed E-state index contributed by atoms with van der Waals surface area (Å²) in [7, 11) is 0. The summed E-state index contributed by atoms with van der Waals surface area (Å²) in [6, 6.07) is 7.35. The molecule has 8 heteroatoms. The quantitative estimate of drug-likeness (QED) is 0.577. The molecule has 5 nitrogen and oxygen atoms in total. The van der Waals surface area contributed by atoms with Crippen molar-refractivity contribution in [1.82, 2.24) is 15.3 Å². The number of rotatable bonds is 6. The first kappa shape index (κ1) is 20.4. The average molecular weight is 448 g/mol. The fourth-order valence-electron chi connectivity index (χ4n) is 3.64. The van der Waals surface area contributed by atoms with Crippen LogP contribution in [0.15, 0.2) is 29.1 Å². The zero-order valence-corrected chi connectivity index (χ0v) is 18.5. The molecular formula is C21H22ClN3O2S2. The van der Waals surface area contributed by atoms with E-state index in [2.05, 4.69) is 15.3 Å². The molecule has 0 saturated heterocycles. The van der Waals surface area contributed by atoms with Crippen molar-refractivity contribution in [3.05, 3.63) is 61.5 Å². The normalized spacial score (nSPS) is 14.6. The van der Waals surface area contributed by atoms with Gasteiger partial charge in [-0.05, 0) is 55.9 Å². The van der Waals surface area contributed by atoms with Crippen molar-refractivity contribution in [2.75, 3.05) is 5.75 Å². The van der Waals surface area contributed by atoms with Gasteiger partial charge in [0.15, 0.2) is 0 Å². The molecule has 2 N–H and O–H groups in total. The standard InChI is InChI=1S/C21H22ClN3O2S2/c1-12(13-6-8-14(22)9-7-13)23-18(26)11-28-10-17-24-20(27)19-15-4-2-3-5-16(15)29-21(19)25-17/h6-9,12H,2-5,10-11H2,1H3,(H,23,26)(H,24,25,27). The number of hydrogen-bond donors (Lipinski definition) is 2. The lowest BCUT2D eigenvalue weighted by atomic mass is 9.97. The second kappa shape index (κ2) is 8.90. The van der Waals surface area contributed by atoms with Crippen LogP contribution < -0.4 is 10.9 Å². The third-order valence-electron chi connectivity index (χ3n) is 5.09. The Morgan fingerprint density at radius 1 is 1.31 bits per heavy atom. The van der Waals surface area contributed by atoms with Crippen molar-refractivity contribution >= 4 is 50.8 Å². The summed E-state index contributed by atoms with van der Waals surface area (Å²) < 4.78 is 0. The number of carbonyl (C=O) groups excluding carboxylic acids is 1. The zero-order valence-electron chi connectivity index (χ0n) is 16.1. The highest BCUT2D eigenvalue weighted by Crippen LogP contribution is 2.33. The third-order valence-corrected chi connectivity index (χ3v) is 7.48. The molecule has 0 saturated carbocycles. The molecule has 1 aliphatic carbocycles. The molecule has 0 bridgehead atoms. The smallest absolute Gasteiger partial charge is 0.259 e. The third kappa shape index (κ3) is 4.68. The first-order chi connectivity index (χ1) is 14.0. The van der Waals surface area contributed by atoms with Gasteiger partial charge in [-0.2, -0.15) is 0 Å². The molecule has 1 unspecified atom stereocenters. The second-order valence-corrected chi connectivity index (χ2v) is 9.74. The van der Waals surface area contributed by atoms with E-state index >= 15 is 0 Å². The molecular weight excluding hydrogens is 426 g/mol. The van der Waals surface area contributed by atoms with Gasteiger partial charge in [0.2, 0.25) is 5.91 Å². The Kier molecular flexibility index (Phi) is 6.27. The van der Waals surface area contributed by atoms with E-state index in [9.17, 15) is 9.59 Å². The molecule has 4 rings (SSSR count). The fourth-order valence-corrected chi connectivity index (χ4v) is 5.74. The maximum absolute atomic E-state index is 12.6. The van der Waals surface area contributed by atoms with E-state index in [1.54, 1.807) is 11.3 Å². The van der Waals surface area contributed by atoms with E-state index in [1.807, 2.05) is 31.2 Å². The van der Waals surface area contributed by atoms with Gasteiger partial charge < -0.3 is 10.3 Å².